The van der Waals surface area contributed by atoms with E-state index < -0.39 is 5.82 Å². The molecule has 1 aromatic carbocycles. The second-order valence-electron chi connectivity index (χ2n) is 4.84. The van der Waals surface area contributed by atoms with Gasteiger partial charge in [-0.15, -0.1) is 0 Å². The van der Waals surface area contributed by atoms with Crippen LogP contribution in [0.5, 0.6) is 0 Å². The zero-order chi connectivity index (χ0) is 14.3. The van der Waals surface area contributed by atoms with Gasteiger partial charge in [0.15, 0.2) is 0 Å². The van der Waals surface area contributed by atoms with Gasteiger partial charge in [0.2, 0.25) is 5.91 Å². The van der Waals surface area contributed by atoms with Crippen molar-refractivity contribution in [3.63, 3.8) is 0 Å². The van der Waals surface area contributed by atoms with E-state index in [9.17, 15) is 9.18 Å². The first-order chi connectivity index (χ1) is 9.00. The van der Waals surface area contributed by atoms with Gasteiger partial charge in [0.1, 0.15) is 5.82 Å². The van der Waals surface area contributed by atoms with Crippen molar-refractivity contribution in [1.82, 2.24) is 10.6 Å². The molecular formula is C14H20ClFN2O. The quantitative estimate of drug-likeness (QED) is 0.757. The Kier molecular flexibility index (Phi) is 6.81. The van der Waals surface area contributed by atoms with Crippen LogP contribution < -0.4 is 10.6 Å². The third-order valence-electron chi connectivity index (χ3n) is 2.58. The molecule has 1 aromatic rings. The van der Waals surface area contributed by atoms with Crippen LogP contribution in [-0.2, 0) is 11.3 Å². The lowest BCUT2D eigenvalue weighted by Gasteiger charge is -2.09. The predicted molar refractivity (Wildman–Crippen MR) is 75.6 cm³/mol. The molecule has 0 aliphatic carbocycles. The average Bonchev–Trinajstić information content (AvgIpc) is 2.37. The second kappa shape index (κ2) is 8.12. The number of halogens is 2. The average molecular weight is 287 g/mol. The molecule has 0 saturated heterocycles. The number of nitrogens with one attached hydrogen (secondary N) is 2. The SMILES string of the molecule is CC(C)CNC(=O)CCNCc1cccc(Cl)c1F. The van der Waals surface area contributed by atoms with Gasteiger partial charge in [-0.25, -0.2) is 4.39 Å². The van der Waals surface area contributed by atoms with Gasteiger partial charge in [-0.05, 0) is 12.0 Å². The summed E-state index contributed by atoms with van der Waals surface area (Å²) in [6.45, 7) is 5.64. The summed E-state index contributed by atoms with van der Waals surface area (Å²) in [4.78, 5) is 11.4. The molecule has 0 unspecified atom stereocenters. The Labute approximate surface area is 118 Å². The van der Waals surface area contributed by atoms with E-state index in [1.165, 1.54) is 6.07 Å². The van der Waals surface area contributed by atoms with Crippen molar-refractivity contribution in [2.75, 3.05) is 13.1 Å². The molecule has 2 N–H and O–H groups in total. The Bertz CT molecular complexity index is 424. The molecule has 1 rings (SSSR count). The van der Waals surface area contributed by atoms with Crippen molar-refractivity contribution in [2.45, 2.75) is 26.8 Å². The van der Waals surface area contributed by atoms with Gasteiger partial charge in [-0.1, -0.05) is 37.6 Å². The van der Waals surface area contributed by atoms with Gasteiger partial charge in [-0.3, -0.25) is 4.79 Å². The van der Waals surface area contributed by atoms with Crippen molar-refractivity contribution in [1.29, 1.82) is 0 Å². The molecule has 106 valence electrons. The Hall–Kier alpha value is -1.13. The summed E-state index contributed by atoms with van der Waals surface area (Å²) < 4.78 is 13.5. The number of benzene rings is 1. The second-order valence-corrected chi connectivity index (χ2v) is 5.24. The van der Waals surface area contributed by atoms with Gasteiger partial charge in [0.05, 0.1) is 5.02 Å². The minimum absolute atomic E-state index is 0.00719. The molecular weight excluding hydrogens is 267 g/mol. The largest absolute Gasteiger partial charge is 0.356 e. The molecule has 3 nitrogen and oxygen atoms in total. The molecule has 0 radical (unpaired) electrons. The number of amides is 1. The highest BCUT2D eigenvalue weighted by molar-refractivity contribution is 6.30. The predicted octanol–water partition coefficient (Wildman–Crippen LogP) is 2.73. The summed E-state index contributed by atoms with van der Waals surface area (Å²) in [5, 5.41) is 5.98. The fourth-order valence-electron chi connectivity index (χ4n) is 1.52. The first-order valence-corrected chi connectivity index (χ1v) is 6.78. The number of hydrogen-bond acceptors (Lipinski definition) is 2. The molecule has 5 heteroatoms. The standard InChI is InChI=1S/C14H20ClFN2O/c1-10(2)8-18-13(19)6-7-17-9-11-4-3-5-12(15)14(11)16/h3-5,10,17H,6-9H2,1-2H3,(H,18,19). The highest BCUT2D eigenvalue weighted by Crippen LogP contribution is 2.17. The van der Waals surface area contributed by atoms with E-state index in [-0.39, 0.29) is 10.9 Å². The Morgan fingerprint density at radius 2 is 2.16 bits per heavy atom. The molecule has 1 amide bonds. The minimum Gasteiger partial charge on any atom is -0.356 e. The lowest BCUT2D eigenvalue weighted by atomic mass is 10.2. The van der Waals surface area contributed by atoms with Gasteiger partial charge >= 0.3 is 0 Å². The highest BCUT2D eigenvalue weighted by atomic mass is 35.5. The van der Waals surface area contributed by atoms with Crippen LogP contribution in [0.15, 0.2) is 18.2 Å². The molecule has 19 heavy (non-hydrogen) atoms. The third-order valence-corrected chi connectivity index (χ3v) is 2.88. The molecule has 0 spiro atoms. The van der Waals surface area contributed by atoms with E-state index in [1.807, 2.05) is 13.8 Å². The molecule has 0 aliphatic heterocycles. The van der Waals surface area contributed by atoms with Crippen LogP contribution in [0, 0.1) is 11.7 Å². The zero-order valence-corrected chi connectivity index (χ0v) is 12.1. The first-order valence-electron chi connectivity index (χ1n) is 6.41. The maximum Gasteiger partial charge on any atom is 0.221 e. The topological polar surface area (TPSA) is 41.1 Å². The van der Waals surface area contributed by atoms with Crippen molar-refractivity contribution >= 4 is 17.5 Å². The summed E-state index contributed by atoms with van der Waals surface area (Å²) in [6.07, 6.45) is 0.384. The smallest absolute Gasteiger partial charge is 0.221 e. The van der Waals surface area contributed by atoms with E-state index in [1.54, 1.807) is 12.1 Å². The van der Waals surface area contributed by atoms with E-state index in [4.69, 9.17) is 11.6 Å². The molecule has 0 bridgehead atoms. The van der Waals surface area contributed by atoms with Crippen LogP contribution in [0.4, 0.5) is 4.39 Å². The van der Waals surface area contributed by atoms with Gasteiger partial charge < -0.3 is 10.6 Å². The lowest BCUT2D eigenvalue weighted by Crippen LogP contribution is -2.30. The van der Waals surface area contributed by atoms with Crippen molar-refractivity contribution in [2.24, 2.45) is 5.92 Å². The monoisotopic (exact) mass is 286 g/mol. The minimum atomic E-state index is -0.402. The molecule has 0 aliphatic rings. The van der Waals surface area contributed by atoms with E-state index in [0.717, 1.165) is 0 Å². The fourth-order valence-corrected chi connectivity index (χ4v) is 1.71. The van der Waals surface area contributed by atoms with Gasteiger partial charge in [0, 0.05) is 31.6 Å². The number of carbonyl (C=O) groups is 1. The van der Waals surface area contributed by atoms with Crippen LogP contribution in [0.1, 0.15) is 25.8 Å². The third kappa shape index (κ3) is 6.03. The van der Waals surface area contributed by atoms with Crippen LogP contribution >= 0.6 is 11.6 Å². The highest BCUT2D eigenvalue weighted by Gasteiger charge is 2.06. The molecule has 0 fully saturated rings. The summed E-state index contributed by atoms with van der Waals surface area (Å²) in [5.74, 6) is 0.0474. The molecule has 0 heterocycles. The van der Waals surface area contributed by atoms with Gasteiger partial charge in [-0.2, -0.15) is 0 Å². The first kappa shape index (κ1) is 15.9. The number of hydrogen-bond donors (Lipinski definition) is 2. The van der Waals surface area contributed by atoms with E-state index in [0.29, 0.717) is 37.5 Å². The molecule has 0 aromatic heterocycles. The van der Waals surface area contributed by atoms with Crippen LogP contribution in [0.25, 0.3) is 0 Å². The lowest BCUT2D eigenvalue weighted by molar-refractivity contribution is -0.121. The summed E-state index contributed by atoms with van der Waals surface area (Å²) in [5.41, 5.74) is 0.509. The fraction of sp³-hybridized carbons (Fsp3) is 0.500. The Balaban J connectivity index is 2.24. The maximum absolute atomic E-state index is 13.5. The van der Waals surface area contributed by atoms with E-state index in [2.05, 4.69) is 10.6 Å². The summed E-state index contributed by atoms with van der Waals surface area (Å²) >= 11 is 5.68. The van der Waals surface area contributed by atoms with Crippen LogP contribution in [0.2, 0.25) is 5.02 Å². The van der Waals surface area contributed by atoms with Crippen LogP contribution in [-0.4, -0.2) is 19.0 Å². The normalized spacial score (nSPS) is 10.8. The Morgan fingerprint density at radius 3 is 2.84 bits per heavy atom. The summed E-state index contributed by atoms with van der Waals surface area (Å²) in [6, 6.07) is 4.89. The van der Waals surface area contributed by atoms with Crippen LogP contribution in [0.3, 0.4) is 0 Å². The molecule has 0 atom stereocenters. The number of carbonyl (C=O) groups excluding carboxylic acids is 1. The van der Waals surface area contributed by atoms with Crippen molar-refractivity contribution < 1.29 is 9.18 Å². The Morgan fingerprint density at radius 1 is 1.42 bits per heavy atom. The van der Waals surface area contributed by atoms with E-state index >= 15 is 0 Å². The van der Waals surface area contributed by atoms with Crippen molar-refractivity contribution in [3.8, 4) is 0 Å². The van der Waals surface area contributed by atoms with Gasteiger partial charge in [0.25, 0.3) is 0 Å². The maximum atomic E-state index is 13.5. The number of rotatable bonds is 7. The zero-order valence-electron chi connectivity index (χ0n) is 11.3. The molecule has 0 saturated carbocycles. The summed E-state index contributed by atoms with van der Waals surface area (Å²) in [7, 11) is 0. The van der Waals surface area contributed by atoms with Crippen molar-refractivity contribution in [3.05, 3.63) is 34.6 Å².